The Bertz CT molecular complexity index is 279. The van der Waals surface area contributed by atoms with Gasteiger partial charge in [-0.3, -0.25) is 0 Å². The van der Waals surface area contributed by atoms with Crippen LogP contribution in [0.3, 0.4) is 0 Å². The average molecular weight is 182 g/mol. The molecule has 1 rings (SSSR count). The summed E-state index contributed by atoms with van der Waals surface area (Å²) in [7, 11) is 0. The Hall–Kier alpha value is -0.790. The highest BCUT2D eigenvalue weighted by atomic mass is 35.5. The summed E-state index contributed by atoms with van der Waals surface area (Å²) in [6.45, 7) is 1.92. The number of nitrogens with two attached hydrogens (primary N) is 1. The summed E-state index contributed by atoms with van der Waals surface area (Å²) in [5.74, 6) is 0. The molecule has 0 aliphatic carbocycles. The first-order chi connectivity index (χ1) is 5.70. The van der Waals surface area contributed by atoms with Crippen LogP contribution in [0.25, 0.3) is 6.08 Å². The van der Waals surface area contributed by atoms with Crippen LogP contribution in [-0.2, 0) is 0 Å². The van der Waals surface area contributed by atoms with Crippen molar-refractivity contribution in [3.05, 3.63) is 40.9 Å². The zero-order valence-corrected chi connectivity index (χ0v) is 7.75. The third kappa shape index (κ3) is 2.68. The summed E-state index contributed by atoms with van der Waals surface area (Å²) in [6, 6.07) is 7.75. The van der Waals surface area contributed by atoms with Gasteiger partial charge in [0.25, 0.3) is 0 Å². The quantitative estimate of drug-likeness (QED) is 0.746. The van der Waals surface area contributed by atoms with Crippen molar-refractivity contribution in [1.29, 1.82) is 0 Å². The second-order valence-corrected chi connectivity index (χ2v) is 3.15. The highest BCUT2D eigenvalue weighted by Gasteiger charge is 1.92. The molecule has 12 heavy (non-hydrogen) atoms. The van der Waals surface area contributed by atoms with Gasteiger partial charge in [-0.2, -0.15) is 0 Å². The normalized spacial score (nSPS) is 13.6. The van der Waals surface area contributed by atoms with E-state index in [4.69, 9.17) is 17.3 Å². The predicted molar refractivity (Wildman–Crippen MR) is 54.1 cm³/mol. The number of benzene rings is 1. The fourth-order valence-corrected chi connectivity index (χ4v) is 1.06. The topological polar surface area (TPSA) is 26.0 Å². The molecule has 0 saturated carbocycles. The highest BCUT2D eigenvalue weighted by Crippen LogP contribution is 2.16. The van der Waals surface area contributed by atoms with Gasteiger partial charge in [0.15, 0.2) is 0 Å². The van der Waals surface area contributed by atoms with Crippen molar-refractivity contribution in [2.75, 3.05) is 0 Å². The molecule has 0 aliphatic rings. The van der Waals surface area contributed by atoms with Crippen LogP contribution >= 0.6 is 11.6 Å². The zero-order valence-electron chi connectivity index (χ0n) is 7.00. The molecule has 0 aliphatic heterocycles. The Morgan fingerprint density at radius 2 is 2.08 bits per heavy atom. The molecule has 1 aromatic rings. The molecule has 0 aromatic heterocycles. The van der Waals surface area contributed by atoms with Crippen LogP contribution in [0, 0.1) is 0 Å². The Balaban J connectivity index is 2.82. The van der Waals surface area contributed by atoms with E-state index in [1.807, 2.05) is 43.3 Å². The van der Waals surface area contributed by atoms with Gasteiger partial charge in [-0.1, -0.05) is 42.0 Å². The van der Waals surface area contributed by atoms with E-state index in [2.05, 4.69) is 0 Å². The van der Waals surface area contributed by atoms with Gasteiger partial charge < -0.3 is 5.73 Å². The molecule has 2 N–H and O–H groups in total. The fraction of sp³-hybridized carbons (Fsp3) is 0.200. The average Bonchev–Trinajstić information content (AvgIpc) is 2.03. The van der Waals surface area contributed by atoms with Gasteiger partial charge in [0.05, 0.1) is 0 Å². The number of rotatable bonds is 2. The zero-order chi connectivity index (χ0) is 8.97. The van der Waals surface area contributed by atoms with E-state index in [0.29, 0.717) is 0 Å². The molecule has 0 amide bonds. The molecule has 0 fully saturated rings. The van der Waals surface area contributed by atoms with Crippen LogP contribution in [0.1, 0.15) is 12.5 Å². The van der Waals surface area contributed by atoms with Crippen LogP contribution in [0.4, 0.5) is 0 Å². The van der Waals surface area contributed by atoms with E-state index < -0.39 is 0 Å². The maximum atomic E-state index is 5.92. The van der Waals surface area contributed by atoms with Gasteiger partial charge in [-0.05, 0) is 18.6 Å². The first-order valence-electron chi connectivity index (χ1n) is 3.88. The summed E-state index contributed by atoms with van der Waals surface area (Å²) in [5, 5.41) is 0.759. The third-order valence-electron chi connectivity index (χ3n) is 1.48. The van der Waals surface area contributed by atoms with E-state index in [0.717, 1.165) is 10.6 Å². The van der Waals surface area contributed by atoms with Gasteiger partial charge in [-0.15, -0.1) is 0 Å². The van der Waals surface area contributed by atoms with Gasteiger partial charge >= 0.3 is 0 Å². The minimum absolute atomic E-state index is 0.0706. The Labute approximate surface area is 77.8 Å². The van der Waals surface area contributed by atoms with Gasteiger partial charge in [0.1, 0.15) is 0 Å². The Kier molecular flexibility index (Phi) is 3.32. The van der Waals surface area contributed by atoms with Crippen LogP contribution in [0.5, 0.6) is 0 Å². The van der Waals surface area contributed by atoms with Crippen molar-refractivity contribution in [3.8, 4) is 0 Å². The minimum atomic E-state index is 0.0706. The summed E-state index contributed by atoms with van der Waals surface area (Å²) < 4.78 is 0. The lowest BCUT2D eigenvalue weighted by molar-refractivity contribution is 0.931. The molecule has 0 spiro atoms. The van der Waals surface area contributed by atoms with Crippen molar-refractivity contribution >= 4 is 17.7 Å². The van der Waals surface area contributed by atoms with E-state index in [1.54, 1.807) is 0 Å². The SMILES string of the molecule is C[C@@H](N)/C=C/c1ccccc1Cl. The standard InChI is InChI=1S/C10H12ClN/c1-8(12)6-7-9-4-2-3-5-10(9)11/h2-8H,12H2,1H3/b7-6+/t8-/m1/s1. The largest absolute Gasteiger partial charge is 0.325 e. The molecule has 0 unspecified atom stereocenters. The van der Waals surface area contributed by atoms with Crippen LogP contribution < -0.4 is 5.73 Å². The lowest BCUT2D eigenvalue weighted by atomic mass is 10.2. The maximum Gasteiger partial charge on any atom is 0.0478 e. The molecule has 0 saturated heterocycles. The Morgan fingerprint density at radius 3 is 2.67 bits per heavy atom. The second-order valence-electron chi connectivity index (χ2n) is 2.74. The summed E-state index contributed by atoms with van der Waals surface area (Å²) in [5.41, 5.74) is 6.57. The molecule has 64 valence electrons. The van der Waals surface area contributed by atoms with Crippen molar-refractivity contribution in [2.24, 2.45) is 5.73 Å². The molecule has 1 aromatic carbocycles. The van der Waals surface area contributed by atoms with Crippen molar-refractivity contribution in [3.63, 3.8) is 0 Å². The molecule has 2 heteroatoms. The smallest absolute Gasteiger partial charge is 0.0478 e. The highest BCUT2D eigenvalue weighted by molar-refractivity contribution is 6.32. The lowest BCUT2D eigenvalue weighted by Gasteiger charge is -1.97. The first kappa shape index (κ1) is 9.30. The molecule has 0 heterocycles. The molecule has 0 bridgehead atoms. The summed E-state index contributed by atoms with van der Waals surface area (Å²) in [6.07, 6.45) is 3.86. The molecular formula is C10H12ClN. The molecule has 1 nitrogen and oxygen atoms in total. The van der Waals surface area contributed by atoms with E-state index >= 15 is 0 Å². The van der Waals surface area contributed by atoms with Gasteiger partial charge in [-0.25, -0.2) is 0 Å². The van der Waals surface area contributed by atoms with Gasteiger partial charge in [0.2, 0.25) is 0 Å². The van der Waals surface area contributed by atoms with Crippen LogP contribution in [0.2, 0.25) is 5.02 Å². The third-order valence-corrected chi connectivity index (χ3v) is 1.83. The lowest BCUT2D eigenvalue weighted by Crippen LogP contribution is -2.09. The van der Waals surface area contributed by atoms with Crippen LogP contribution in [0.15, 0.2) is 30.3 Å². The van der Waals surface area contributed by atoms with Crippen molar-refractivity contribution in [2.45, 2.75) is 13.0 Å². The number of hydrogen-bond acceptors (Lipinski definition) is 1. The summed E-state index contributed by atoms with van der Waals surface area (Å²) in [4.78, 5) is 0. The van der Waals surface area contributed by atoms with Gasteiger partial charge in [0, 0.05) is 11.1 Å². The van der Waals surface area contributed by atoms with Crippen LogP contribution in [-0.4, -0.2) is 6.04 Å². The number of halogens is 1. The second kappa shape index (κ2) is 4.29. The minimum Gasteiger partial charge on any atom is -0.325 e. The van der Waals surface area contributed by atoms with E-state index in [9.17, 15) is 0 Å². The summed E-state index contributed by atoms with van der Waals surface area (Å²) >= 11 is 5.92. The molecular weight excluding hydrogens is 170 g/mol. The van der Waals surface area contributed by atoms with E-state index in [-0.39, 0.29) is 6.04 Å². The van der Waals surface area contributed by atoms with E-state index in [1.165, 1.54) is 0 Å². The molecule has 1 atom stereocenters. The monoisotopic (exact) mass is 181 g/mol. The first-order valence-corrected chi connectivity index (χ1v) is 4.26. The Morgan fingerprint density at radius 1 is 1.42 bits per heavy atom. The van der Waals surface area contributed by atoms with Crippen molar-refractivity contribution in [1.82, 2.24) is 0 Å². The molecule has 0 radical (unpaired) electrons. The van der Waals surface area contributed by atoms with Crippen molar-refractivity contribution < 1.29 is 0 Å². The predicted octanol–water partition coefficient (Wildman–Crippen LogP) is 2.70. The fourth-order valence-electron chi connectivity index (χ4n) is 0.866. The maximum absolute atomic E-state index is 5.92. The number of hydrogen-bond donors (Lipinski definition) is 1.